The van der Waals surface area contributed by atoms with E-state index in [1.165, 1.54) is 0 Å². The third kappa shape index (κ3) is 2.88. The Balaban J connectivity index is 2.30. The summed E-state index contributed by atoms with van der Waals surface area (Å²) < 4.78 is 12.6. The van der Waals surface area contributed by atoms with Crippen molar-refractivity contribution in [3.05, 3.63) is 42.0 Å². The Morgan fingerprint density at radius 1 is 1.32 bits per heavy atom. The topological polar surface area (TPSA) is 62.3 Å². The Morgan fingerprint density at radius 2 is 2.11 bits per heavy atom. The molecule has 0 unspecified atom stereocenters. The van der Waals surface area contributed by atoms with Crippen molar-refractivity contribution in [2.75, 3.05) is 14.2 Å². The van der Waals surface area contributed by atoms with E-state index in [9.17, 15) is 0 Å². The average Bonchev–Trinajstić information content (AvgIpc) is 2.87. The summed E-state index contributed by atoms with van der Waals surface area (Å²) in [5.74, 6) is 1.57. The zero-order valence-corrected chi connectivity index (χ0v) is 11.5. The molecule has 0 amide bonds. The highest BCUT2D eigenvalue weighted by Gasteiger charge is 2.10. The Hall–Kier alpha value is -2.01. The summed E-state index contributed by atoms with van der Waals surface area (Å²) in [5.41, 5.74) is 7.97. The Labute approximate surface area is 113 Å². The lowest BCUT2D eigenvalue weighted by Crippen LogP contribution is -2.12. The van der Waals surface area contributed by atoms with Gasteiger partial charge in [-0.2, -0.15) is 0 Å². The third-order valence-electron chi connectivity index (χ3n) is 3.05. The molecule has 0 fully saturated rings. The first-order chi connectivity index (χ1) is 9.15. The van der Waals surface area contributed by atoms with Gasteiger partial charge in [-0.3, -0.25) is 0 Å². The first-order valence-corrected chi connectivity index (χ1v) is 6.12. The summed E-state index contributed by atoms with van der Waals surface area (Å²) in [4.78, 5) is 4.15. The molecule has 0 saturated heterocycles. The van der Waals surface area contributed by atoms with Crippen LogP contribution in [0.5, 0.6) is 11.5 Å². The SMILES string of the molecule is COc1ccc(Cn2cncc2[C@H](C)N)c(OC)c1. The van der Waals surface area contributed by atoms with Crippen LogP contribution in [-0.2, 0) is 6.54 Å². The predicted octanol–water partition coefficient (Wildman–Crippen LogP) is 1.97. The number of imidazole rings is 1. The number of hydrogen-bond donors (Lipinski definition) is 1. The van der Waals surface area contributed by atoms with Crippen molar-refractivity contribution in [3.8, 4) is 11.5 Å². The molecule has 0 radical (unpaired) electrons. The van der Waals surface area contributed by atoms with Crippen LogP contribution in [-0.4, -0.2) is 23.8 Å². The van der Waals surface area contributed by atoms with Crippen molar-refractivity contribution in [2.24, 2.45) is 5.73 Å². The zero-order chi connectivity index (χ0) is 13.8. The Morgan fingerprint density at radius 3 is 2.74 bits per heavy atom. The summed E-state index contributed by atoms with van der Waals surface area (Å²) in [7, 11) is 3.29. The van der Waals surface area contributed by atoms with Gasteiger partial charge in [0.1, 0.15) is 11.5 Å². The highest BCUT2D eigenvalue weighted by Crippen LogP contribution is 2.26. The minimum absolute atomic E-state index is 0.0493. The van der Waals surface area contributed by atoms with Gasteiger partial charge in [-0.25, -0.2) is 4.98 Å². The standard InChI is InChI=1S/C14H19N3O2/c1-10(15)13-7-16-9-17(13)8-11-4-5-12(18-2)6-14(11)19-3/h4-7,9-10H,8,15H2,1-3H3/t10-/m0/s1. The van der Waals surface area contributed by atoms with Gasteiger partial charge in [-0.1, -0.05) is 0 Å². The fourth-order valence-electron chi connectivity index (χ4n) is 2.01. The predicted molar refractivity (Wildman–Crippen MR) is 73.5 cm³/mol. The molecule has 1 aromatic heterocycles. The molecule has 2 aromatic rings. The lowest BCUT2D eigenvalue weighted by molar-refractivity contribution is 0.390. The van der Waals surface area contributed by atoms with Crippen molar-refractivity contribution in [1.29, 1.82) is 0 Å². The first-order valence-electron chi connectivity index (χ1n) is 6.12. The fraction of sp³-hybridized carbons (Fsp3) is 0.357. The van der Waals surface area contributed by atoms with E-state index in [0.29, 0.717) is 6.54 Å². The maximum absolute atomic E-state index is 5.92. The quantitative estimate of drug-likeness (QED) is 0.893. The van der Waals surface area contributed by atoms with Crippen molar-refractivity contribution < 1.29 is 9.47 Å². The summed E-state index contributed by atoms with van der Waals surface area (Å²) in [5, 5.41) is 0. The van der Waals surface area contributed by atoms with E-state index in [4.69, 9.17) is 15.2 Å². The van der Waals surface area contributed by atoms with Gasteiger partial charge < -0.3 is 19.8 Å². The van der Waals surface area contributed by atoms with Crippen molar-refractivity contribution in [3.63, 3.8) is 0 Å². The minimum Gasteiger partial charge on any atom is -0.497 e. The summed E-state index contributed by atoms with van der Waals surface area (Å²) >= 11 is 0. The van der Waals surface area contributed by atoms with Crippen LogP contribution in [0.1, 0.15) is 24.2 Å². The molecule has 5 nitrogen and oxygen atoms in total. The third-order valence-corrected chi connectivity index (χ3v) is 3.05. The van der Waals surface area contributed by atoms with E-state index in [1.807, 2.05) is 29.7 Å². The van der Waals surface area contributed by atoms with E-state index in [2.05, 4.69) is 4.98 Å². The number of nitrogens with zero attached hydrogens (tertiary/aromatic N) is 2. The average molecular weight is 261 g/mol. The summed E-state index contributed by atoms with van der Waals surface area (Å²) in [6.45, 7) is 2.61. The van der Waals surface area contributed by atoms with Gasteiger partial charge in [0, 0.05) is 23.9 Å². The largest absolute Gasteiger partial charge is 0.497 e. The molecule has 0 bridgehead atoms. The van der Waals surface area contributed by atoms with Gasteiger partial charge in [0.15, 0.2) is 0 Å². The number of rotatable bonds is 5. The number of benzene rings is 1. The number of aromatic nitrogens is 2. The van der Waals surface area contributed by atoms with Crippen molar-refractivity contribution >= 4 is 0 Å². The molecule has 1 atom stereocenters. The molecule has 0 aliphatic rings. The van der Waals surface area contributed by atoms with E-state index in [-0.39, 0.29) is 6.04 Å². The van der Waals surface area contributed by atoms with E-state index in [0.717, 1.165) is 22.8 Å². The molecule has 0 aliphatic heterocycles. The molecule has 2 N–H and O–H groups in total. The number of nitrogens with two attached hydrogens (primary N) is 1. The van der Waals surface area contributed by atoms with Gasteiger partial charge >= 0.3 is 0 Å². The first kappa shape index (κ1) is 13.4. The van der Waals surface area contributed by atoms with Crippen molar-refractivity contribution in [1.82, 2.24) is 9.55 Å². The number of hydrogen-bond acceptors (Lipinski definition) is 4. The molecular weight excluding hydrogens is 242 g/mol. The molecule has 1 aromatic carbocycles. The van der Waals surface area contributed by atoms with E-state index < -0.39 is 0 Å². The Bertz CT molecular complexity index is 549. The van der Waals surface area contributed by atoms with Gasteiger partial charge in [0.2, 0.25) is 0 Å². The smallest absolute Gasteiger partial charge is 0.127 e. The van der Waals surface area contributed by atoms with Crippen LogP contribution >= 0.6 is 0 Å². The summed E-state index contributed by atoms with van der Waals surface area (Å²) in [6, 6.07) is 5.73. The molecular formula is C14H19N3O2. The maximum atomic E-state index is 5.92. The van der Waals surface area contributed by atoms with Gasteiger partial charge in [-0.05, 0) is 19.1 Å². The fourth-order valence-corrected chi connectivity index (χ4v) is 2.01. The molecule has 0 aliphatic carbocycles. The van der Waals surface area contributed by atoms with Gasteiger partial charge in [0.05, 0.1) is 32.8 Å². The van der Waals surface area contributed by atoms with Gasteiger partial charge in [-0.15, -0.1) is 0 Å². The second-order valence-corrected chi connectivity index (χ2v) is 4.41. The summed E-state index contributed by atoms with van der Waals surface area (Å²) in [6.07, 6.45) is 3.57. The van der Waals surface area contributed by atoms with Crippen LogP contribution in [0.15, 0.2) is 30.7 Å². The van der Waals surface area contributed by atoms with Crippen LogP contribution in [0, 0.1) is 0 Å². The highest BCUT2D eigenvalue weighted by atomic mass is 16.5. The normalized spacial score (nSPS) is 12.2. The molecule has 2 rings (SSSR count). The van der Waals surface area contributed by atoms with Crippen molar-refractivity contribution in [2.45, 2.75) is 19.5 Å². The second kappa shape index (κ2) is 5.75. The van der Waals surface area contributed by atoms with Crippen LogP contribution in [0.4, 0.5) is 0 Å². The Kier molecular flexibility index (Phi) is 4.06. The minimum atomic E-state index is -0.0493. The number of methoxy groups -OCH3 is 2. The van der Waals surface area contributed by atoms with Crippen LogP contribution < -0.4 is 15.2 Å². The molecule has 0 saturated carbocycles. The van der Waals surface area contributed by atoms with E-state index >= 15 is 0 Å². The zero-order valence-electron chi connectivity index (χ0n) is 11.5. The van der Waals surface area contributed by atoms with E-state index in [1.54, 1.807) is 26.7 Å². The molecule has 0 spiro atoms. The molecule has 1 heterocycles. The maximum Gasteiger partial charge on any atom is 0.127 e. The lowest BCUT2D eigenvalue weighted by Gasteiger charge is -2.14. The molecule has 102 valence electrons. The van der Waals surface area contributed by atoms with Crippen LogP contribution in [0.2, 0.25) is 0 Å². The monoisotopic (exact) mass is 261 g/mol. The molecule has 5 heteroatoms. The van der Waals surface area contributed by atoms with Crippen LogP contribution in [0.25, 0.3) is 0 Å². The molecule has 19 heavy (non-hydrogen) atoms. The highest BCUT2D eigenvalue weighted by molar-refractivity contribution is 5.41. The second-order valence-electron chi connectivity index (χ2n) is 4.41. The lowest BCUT2D eigenvalue weighted by atomic mass is 10.1. The van der Waals surface area contributed by atoms with Gasteiger partial charge in [0.25, 0.3) is 0 Å². The van der Waals surface area contributed by atoms with Crippen LogP contribution in [0.3, 0.4) is 0 Å². The number of ether oxygens (including phenoxy) is 2.